The van der Waals surface area contributed by atoms with Crippen LogP contribution in [-0.4, -0.2) is 26.9 Å². The van der Waals surface area contributed by atoms with Gasteiger partial charge >= 0.3 is 6.36 Å². The number of alkyl halides is 3. The number of oxazole rings is 1. The number of aromatic nitrogens is 3. The van der Waals surface area contributed by atoms with Gasteiger partial charge in [0.25, 0.3) is 0 Å². The summed E-state index contributed by atoms with van der Waals surface area (Å²) in [7, 11) is 0. The number of carbonyl (C=O) groups is 1. The number of rotatable bonds is 5. The summed E-state index contributed by atoms with van der Waals surface area (Å²) in [4.78, 5) is 16.1. The summed E-state index contributed by atoms with van der Waals surface area (Å²) >= 11 is 3.45. The number of nitrogens with zero attached hydrogens (tertiary/aromatic N) is 3. The maximum absolute atomic E-state index is 12.5. The minimum Gasteiger partial charge on any atom is -0.440 e. The molecule has 32 heavy (non-hydrogen) atoms. The highest BCUT2D eigenvalue weighted by Gasteiger charge is 2.31. The second-order valence-electron chi connectivity index (χ2n) is 6.85. The maximum atomic E-state index is 12.5. The molecule has 0 aliphatic heterocycles. The van der Waals surface area contributed by atoms with Crippen LogP contribution in [0.5, 0.6) is 5.75 Å². The summed E-state index contributed by atoms with van der Waals surface area (Å²) in [6, 6.07) is 12.4. The molecule has 6 nitrogen and oxygen atoms in total. The van der Waals surface area contributed by atoms with Crippen LogP contribution >= 0.6 is 15.9 Å². The van der Waals surface area contributed by atoms with Gasteiger partial charge < -0.3 is 9.15 Å². The van der Waals surface area contributed by atoms with Crippen LogP contribution in [0, 0.1) is 6.92 Å². The molecular weight excluding hydrogens is 491 g/mol. The third kappa shape index (κ3) is 4.59. The van der Waals surface area contributed by atoms with Gasteiger partial charge in [0.05, 0.1) is 5.69 Å². The van der Waals surface area contributed by atoms with E-state index in [1.54, 1.807) is 29.9 Å². The Bertz CT molecular complexity index is 1290. The Morgan fingerprint density at radius 1 is 1.12 bits per heavy atom. The zero-order valence-corrected chi connectivity index (χ0v) is 18.4. The summed E-state index contributed by atoms with van der Waals surface area (Å²) in [6.07, 6.45) is -3.11. The number of carbonyl (C=O) groups excluding carboxylic acids is 1. The first kappa shape index (κ1) is 21.8. The number of halogens is 4. The number of ketones is 1. The van der Waals surface area contributed by atoms with Crippen molar-refractivity contribution in [2.45, 2.75) is 20.2 Å². The molecule has 0 aliphatic rings. The van der Waals surface area contributed by atoms with Crippen molar-refractivity contribution in [2.24, 2.45) is 0 Å². The standard InChI is InChI=1S/C22H15BrF3N3O3/c1-12(30)18-9-10-29(28-18)19-8-5-15(23)11-17(19)21-20(27-13(2)31-21)14-3-6-16(7-4-14)32-22(24,25)26/h3-11H,1-2H3. The Balaban J connectivity index is 1.81. The topological polar surface area (TPSA) is 70.2 Å². The van der Waals surface area contributed by atoms with E-state index in [1.165, 1.54) is 31.2 Å². The quantitative estimate of drug-likeness (QED) is 0.295. The molecule has 0 bridgehead atoms. The number of aryl methyl sites for hydroxylation is 1. The van der Waals surface area contributed by atoms with E-state index in [1.807, 2.05) is 12.1 Å². The van der Waals surface area contributed by atoms with E-state index in [-0.39, 0.29) is 11.5 Å². The van der Waals surface area contributed by atoms with Gasteiger partial charge in [-0.05, 0) is 48.5 Å². The average Bonchev–Trinajstić information content (AvgIpc) is 3.34. The Labute approximate surface area is 188 Å². The number of Topliss-reactive ketones (excluding diaryl/α,β-unsaturated/α-hetero) is 1. The first-order chi connectivity index (χ1) is 15.1. The van der Waals surface area contributed by atoms with E-state index in [9.17, 15) is 18.0 Å². The number of ether oxygens (including phenoxy) is 1. The maximum Gasteiger partial charge on any atom is 0.573 e. The van der Waals surface area contributed by atoms with E-state index in [4.69, 9.17) is 4.42 Å². The van der Waals surface area contributed by atoms with Crippen molar-refractivity contribution in [1.29, 1.82) is 0 Å². The largest absolute Gasteiger partial charge is 0.573 e. The van der Waals surface area contributed by atoms with Crippen LogP contribution in [0.4, 0.5) is 13.2 Å². The normalized spacial score (nSPS) is 11.6. The molecule has 0 saturated carbocycles. The van der Waals surface area contributed by atoms with Crippen molar-refractivity contribution < 1.29 is 27.1 Å². The monoisotopic (exact) mass is 505 g/mol. The summed E-state index contributed by atoms with van der Waals surface area (Å²) < 4.78 is 49.5. The molecule has 4 aromatic rings. The molecule has 0 spiro atoms. The lowest BCUT2D eigenvalue weighted by Gasteiger charge is -2.11. The van der Waals surface area contributed by atoms with Crippen molar-refractivity contribution in [3.8, 4) is 34.0 Å². The Kier molecular flexibility index (Phi) is 5.64. The summed E-state index contributed by atoms with van der Waals surface area (Å²) in [5.74, 6) is 0.281. The molecule has 0 N–H and O–H groups in total. The number of hydrogen-bond donors (Lipinski definition) is 0. The van der Waals surface area contributed by atoms with Crippen molar-refractivity contribution in [1.82, 2.24) is 14.8 Å². The zero-order chi connectivity index (χ0) is 23.0. The van der Waals surface area contributed by atoms with Gasteiger partial charge in [0.2, 0.25) is 0 Å². The molecule has 0 amide bonds. The molecule has 0 atom stereocenters. The molecule has 2 heterocycles. The number of hydrogen-bond acceptors (Lipinski definition) is 5. The molecule has 0 radical (unpaired) electrons. The van der Waals surface area contributed by atoms with Crippen LogP contribution in [0.3, 0.4) is 0 Å². The average molecular weight is 506 g/mol. The fourth-order valence-electron chi connectivity index (χ4n) is 3.16. The van der Waals surface area contributed by atoms with Crippen molar-refractivity contribution in [3.63, 3.8) is 0 Å². The predicted octanol–water partition coefficient (Wildman–Crippen LogP) is 6.37. The van der Waals surface area contributed by atoms with Gasteiger partial charge in [-0.3, -0.25) is 4.79 Å². The Morgan fingerprint density at radius 2 is 1.84 bits per heavy atom. The molecule has 10 heteroatoms. The SMILES string of the molecule is CC(=O)c1ccn(-c2ccc(Br)cc2-c2oc(C)nc2-c2ccc(OC(F)(F)F)cc2)n1. The van der Waals surface area contributed by atoms with Gasteiger partial charge in [0.1, 0.15) is 17.1 Å². The van der Waals surface area contributed by atoms with Crippen LogP contribution in [0.15, 0.2) is 63.6 Å². The summed E-state index contributed by atoms with van der Waals surface area (Å²) in [5.41, 5.74) is 2.56. The minimum atomic E-state index is -4.77. The van der Waals surface area contributed by atoms with Crippen molar-refractivity contribution in [3.05, 3.63) is 70.8 Å². The van der Waals surface area contributed by atoms with E-state index in [2.05, 4.69) is 30.7 Å². The van der Waals surface area contributed by atoms with Gasteiger partial charge in [0.15, 0.2) is 17.4 Å². The van der Waals surface area contributed by atoms with Crippen molar-refractivity contribution in [2.75, 3.05) is 0 Å². The van der Waals surface area contributed by atoms with E-state index in [0.717, 1.165) is 4.47 Å². The van der Waals surface area contributed by atoms with E-state index in [0.29, 0.717) is 39.9 Å². The molecule has 4 rings (SSSR count). The van der Waals surface area contributed by atoms with Crippen molar-refractivity contribution >= 4 is 21.7 Å². The first-order valence-electron chi connectivity index (χ1n) is 9.31. The fourth-order valence-corrected chi connectivity index (χ4v) is 3.52. The number of benzene rings is 2. The Hall–Kier alpha value is -3.40. The van der Waals surface area contributed by atoms with Crippen LogP contribution in [-0.2, 0) is 0 Å². The van der Waals surface area contributed by atoms with Crippen LogP contribution in [0.25, 0.3) is 28.3 Å². The predicted molar refractivity (Wildman–Crippen MR) is 114 cm³/mol. The molecule has 0 saturated heterocycles. The highest BCUT2D eigenvalue weighted by atomic mass is 79.9. The van der Waals surface area contributed by atoms with Gasteiger partial charge in [-0.1, -0.05) is 15.9 Å². The second-order valence-corrected chi connectivity index (χ2v) is 7.76. The van der Waals surface area contributed by atoms with Gasteiger partial charge in [-0.2, -0.15) is 5.10 Å². The van der Waals surface area contributed by atoms with Gasteiger partial charge in [-0.15, -0.1) is 13.2 Å². The van der Waals surface area contributed by atoms with Crippen LogP contribution in [0.2, 0.25) is 0 Å². The van der Waals surface area contributed by atoms with Gasteiger partial charge in [0, 0.05) is 35.6 Å². The molecule has 0 aliphatic carbocycles. The third-order valence-corrected chi connectivity index (χ3v) is 4.99. The molecule has 2 aromatic carbocycles. The smallest absolute Gasteiger partial charge is 0.440 e. The Morgan fingerprint density at radius 3 is 2.47 bits per heavy atom. The minimum absolute atomic E-state index is 0.167. The lowest BCUT2D eigenvalue weighted by atomic mass is 10.0. The van der Waals surface area contributed by atoms with Gasteiger partial charge in [-0.25, -0.2) is 9.67 Å². The van der Waals surface area contributed by atoms with E-state index < -0.39 is 6.36 Å². The molecule has 0 unspecified atom stereocenters. The first-order valence-corrected chi connectivity index (χ1v) is 10.1. The summed E-state index contributed by atoms with van der Waals surface area (Å²) in [6.45, 7) is 3.10. The van der Waals surface area contributed by atoms with Crippen LogP contribution < -0.4 is 4.74 Å². The highest BCUT2D eigenvalue weighted by molar-refractivity contribution is 9.10. The lowest BCUT2D eigenvalue weighted by molar-refractivity contribution is -0.274. The highest BCUT2D eigenvalue weighted by Crippen LogP contribution is 2.38. The molecule has 2 aromatic heterocycles. The summed E-state index contributed by atoms with van der Waals surface area (Å²) in [5, 5.41) is 4.32. The fraction of sp³-hybridized carbons (Fsp3) is 0.136. The van der Waals surface area contributed by atoms with Crippen LogP contribution in [0.1, 0.15) is 23.3 Å². The molecular formula is C22H15BrF3N3O3. The second kappa shape index (κ2) is 8.27. The zero-order valence-electron chi connectivity index (χ0n) is 16.8. The lowest BCUT2D eigenvalue weighted by Crippen LogP contribution is -2.16. The molecule has 164 valence electrons. The van der Waals surface area contributed by atoms with E-state index >= 15 is 0 Å². The third-order valence-electron chi connectivity index (χ3n) is 4.50. The molecule has 0 fully saturated rings.